The van der Waals surface area contributed by atoms with Crippen LogP contribution in [0.15, 0.2) is 39.5 Å². The second kappa shape index (κ2) is 3.87. The van der Waals surface area contributed by atoms with E-state index in [0.717, 1.165) is 20.5 Å². The molecule has 2 rings (SSSR count). The van der Waals surface area contributed by atoms with Crippen LogP contribution >= 0.6 is 31.9 Å². The maximum atomic E-state index is 4.32. The fourth-order valence-electron chi connectivity index (χ4n) is 1.31. The molecule has 0 N–H and O–H groups in total. The topological polar surface area (TPSA) is 17.8 Å². The number of aromatic nitrogens is 2. The largest absolute Gasteiger partial charge is 0.304 e. The lowest BCUT2D eigenvalue weighted by Crippen LogP contribution is -1.98. The Morgan fingerprint density at radius 2 is 2.14 bits per heavy atom. The Kier molecular flexibility index (Phi) is 2.74. The number of aryl methyl sites for hydroxylation is 1. The van der Waals surface area contributed by atoms with E-state index in [1.54, 1.807) is 6.20 Å². The van der Waals surface area contributed by atoms with Crippen molar-refractivity contribution in [3.05, 3.63) is 45.2 Å². The van der Waals surface area contributed by atoms with Gasteiger partial charge < -0.3 is 4.57 Å². The van der Waals surface area contributed by atoms with Gasteiger partial charge in [-0.1, -0.05) is 0 Å². The van der Waals surface area contributed by atoms with Crippen molar-refractivity contribution in [2.24, 2.45) is 0 Å². The summed E-state index contributed by atoms with van der Waals surface area (Å²) in [7, 11) is 0. The van der Waals surface area contributed by atoms with Crippen LogP contribution < -0.4 is 0 Å². The predicted molar refractivity (Wildman–Crippen MR) is 63.7 cm³/mol. The summed E-state index contributed by atoms with van der Waals surface area (Å²) < 4.78 is 4.09. The van der Waals surface area contributed by atoms with E-state index >= 15 is 0 Å². The van der Waals surface area contributed by atoms with E-state index in [2.05, 4.69) is 42.9 Å². The Bertz CT molecular complexity index is 463. The molecule has 0 saturated carbocycles. The molecule has 2 aromatic heterocycles. The van der Waals surface area contributed by atoms with Crippen molar-refractivity contribution in [2.45, 2.75) is 6.92 Å². The summed E-state index contributed by atoms with van der Waals surface area (Å²) in [4.78, 5) is 4.32. The molecular weight excluding hydrogens is 308 g/mol. The van der Waals surface area contributed by atoms with Crippen LogP contribution in [0.4, 0.5) is 0 Å². The summed E-state index contributed by atoms with van der Waals surface area (Å²) in [5.74, 6) is 0.913. The number of rotatable bonds is 1. The van der Waals surface area contributed by atoms with Gasteiger partial charge in [0.15, 0.2) is 5.82 Å². The summed E-state index contributed by atoms with van der Waals surface area (Å²) in [6, 6.07) is 5.94. The Labute approximate surface area is 99.2 Å². The molecule has 4 heteroatoms. The first-order valence-electron chi connectivity index (χ1n) is 4.14. The number of pyridine rings is 1. The Balaban J connectivity index is 2.60. The molecule has 0 saturated heterocycles. The van der Waals surface area contributed by atoms with E-state index in [4.69, 9.17) is 0 Å². The van der Waals surface area contributed by atoms with E-state index in [1.165, 1.54) is 0 Å². The van der Waals surface area contributed by atoms with E-state index < -0.39 is 0 Å². The second-order valence-corrected chi connectivity index (χ2v) is 4.75. The van der Waals surface area contributed by atoms with Crippen molar-refractivity contribution in [3.8, 4) is 5.82 Å². The number of hydrogen-bond donors (Lipinski definition) is 0. The summed E-state index contributed by atoms with van der Waals surface area (Å²) in [6.45, 7) is 2.05. The van der Waals surface area contributed by atoms with Gasteiger partial charge in [-0.25, -0.2) is 4.98 Å². The van der Waals surface area contributed by atoms with Crippen LogP contribution in [-0.4, -0.2) is 9.55 Å². The van der Waals surface area contributed by atoms with E-state index in [0.29, 0.717) is 0 Å². The molecular formula is C10H8Br2N2. The fraction of sp³-hybridized carbons (Fsp3) is 0.100. The third-order valence-corrected chi connectivity index (χ3v) is 3.00. The van der Waals surface area contributed by atoms with Gasteiger partial charge >= 0.3 is 0 Å². The lowest BCUT2D eigenvalue weighted by Gasteiger charge is -2.06. The molecule has 2 nitrogen and oxygen atoms in total. The Hall–Kier alpha value is -0.610. The van der Waals surface area contributed by atoms with Crippen LogP contribution in [0.1, 0.15) is 5.69 Å². The van der Waals surface area contributed by atoms with Crippen LogP contribution in [0.2, 0.25) is 0 Å². The number of nitrogens with zero attached hydrogens (tertiary/aromatic N) is 2. The monoisotopic (exact) mass is 314 g/mol. The average Bonchev–Trinajstić information content (AvgIpc) is 2.46. The smallest absolute Gasteiger partial charge is 0.151 e. The highest BCUT2D eigenvalue weighted by Gasteiger charge is 2.06. The standard InChI is InChI=1S/C10H8Br2N2/c1-7-5-8(11)6-14(7)10-9(12)3-2-4-13-10/h2-6H,1H3. The van der Waals surface area contributed by atoms with Gasteiger partial charge in [-0.05, 0) is 57.0 Å². The summed E-state index contributed by atoms with van der Waals surface area (Å²) >= 11 is 6.92. The minimum atomic E-state index is 0.913. The quantitative estimate of drug-likeness (QED) is 0.784. The van der Waals surface area contributed by atoms with Gasteiger partial charge in [-0.3, -0.25) is 0 Å². The van der Waals surface area contributed by atoms with Crippen molar-refractivity contribution in [1.29, 1.82) is 0 Å². The molecule has 0 atom stereocenters. The van der Waals surface area contributed by atoms with Gasteiger partial charge in [0.05, 0.1) is 4.47 Å². The van der Waals surface area contributed by atoms with E-state index in [9.17, 15) is 0 Å². The summed E-state index contributed by atoms with van der Waals surface area (Å²) in [5.41, 5.74) is 1.15. The molecule has 14 heavy (non-hydrogen) atoms. The predicted octanol–water partition coefficient (Wildman–Crippen LogP) is 3.71. The highest BCUT2D eigenvalue weighted by molar-refractivity contribution is 9.10. The van der Waals surface area contributed by atoms with E-state index in [-0.39, 0.29) is 0 Å². The molecule has 0 radical (unpaired) electrons. The SMILES string of the molecule is Cc1cc(Br)cn1-c1ncccc1Br. The number of hydrogen-bond acceptors (Lipinski definition) is 1. The first-order chi connectivity index (χ1) is 6.68. The third-order valence-electron chi connectivity index (χ3n) is 1.95. The molecule has 0 spiro atoms. The summed E-state index contributed by atoms with van der Waals surface area (Å²) in [6.07, 6.45) is 3.79. The van der Waals surface area contributed by atoms with Crippen LogP contribution in [0.25, 0.3) is 5.82 Å². The highest BCUT2D eigenvalue weighted by atomic mass is 79.9. The molecule has 0 aliphatic heterocycles. The fourth-order valence-corrected chi connectivity index (χ4v) is 2.30. The second-order valence-electron chi connectivity index (χ2n) is 2.98. The van der Waals surface area contributed by atoms with Crippen molar-refractivity contribution in [3.63, 3.8) is 0 Å². The molecule has 0 aliphatic carbocycles. The van der Waals surface area contributed by atoms with Crippen molar-refractivity contribution >= 4 is 31.9 Å². The van der Waals surface area contributed by atoms with Crippen LogP contribution in [-0.2, 0) is 0 Å². The van der Waals surface area contributed by atoms with Crippen molar-refractivity contribution < 1.29 is 0 Å². The molecule has 0 amide bonds. The van der Waals surface area contributed by atoms with Gasteiger partial charge in [0, 0.05) is 22.6 Å². The molecule has 0 fully saturated rings. The van der Waals surface area contributed by atoms with Gasteiger partial charge in [-0.2, -0.15) is 0 Å². The zero-order valence-electron chi connectivity index (χ0n) is 7.54. The molecule has 0 bridgehead atoms. The average molecular weight is 316 g/mol. The third kappa shape index (κ3) is 1.77. The lowest BCUT2D eigenvalue weighted by atomic mass is 10.4. The van der Waals surface area contributed by atoms with Crippen LogP contribution in [0, 0.1) is 6.92 Å². The molecule has 0 aromatic carbocycles. The first-order valence-corrected chi connectivity index (χ1v) is 5.72. The lowest BCUT2D eigenvalue weighted by molar-refractivity contribution is 0.953. The first kappa shape index (κ1) is 9.93. The zero-order chi connectivity index (χ0) is 10.1. The zero-order valence-corrected chi connectivity index (χ0v) is 10.7. The highest BCUT2D eigenvalue weighted by Crippen LogP contribution is 2.23. The molecule has 2 heterocycles. The number of halogens is 2. The maximum Gasteiger partial charge on any atom is 0.151 e. The summed E-state index contributed by atoms with van der Waals surface area (Å²) in [5, 5.41) is 0. The molecule has 72 valence electrons. The minimum Gasteiger partial charge on any atom is -0.304 e. The van der Waals surface area contributed by atoms with Gasteiger partial charge in [-0.15, -0.1) is 0 Å². The molecule has 2 aromatic rings. The van der Waals surface area contributed by atoms with Gasteiger partial charge in [0.25, 0.3) is 0 Å². The van der Waals surface area contributed by atoms with Crippen LogP contribution in [0.3, 0.4) is 0 Å². The van der Waals surface area contributed by atoms with Gasteiger partial charge in [0.2, 0.25) is 0 Å². The molecule has 0 unspecified atom stereocenters. The minimum absolute atomic E-state index is 0.913. The van der Waals surface area contributed by atoms with E-state index in [1.807, 2.05) is 29.8 Å². The van der Waals surface area contributed by atoms with Gasteiger partial charge in [0.1, 0.15) is 0 Å². The maximum absolute atomic E-state index is 4.32. The Morgan fingerprint density at radius 3 is 2.71 bits per heavy atom. The van der Waals surface area contributed by atoms with Crippen molar-refractivity contribution in [1.82, 2.24) is 9.55 Å². The van der Waals surface area contributed by atoms with Crippen LogP contribution in [0.5, 0.6) is 0 Å². The normalized spacial score (nSPS) is 10.5. The van der Waals surface area contributed by atoms with Crippen molar-refractivity contribution in [2.75, 3.05) is 0 Å². The Morgan fingerprint density at radius 1 is 1.36 bits per heavy atom. The molecule has 0 aliphatic rings.